The van der Waals surface area contributed by atoms with Crippen molar-refractivity contribution in [1.29, 1.82) is 0 Å². The Morgan fingerprint density at radius 3 is 1.14 bits per heavy atom. The normalized spacial score (nSPS) is 28.3. The number of ether oxygens (including phenoxy) is 1. The van der Waals surface area contributed by atoms with E-state index in [1.54, 1.807) is 0 Å². The van der Waals surface area contributed by atoms with Gasteiger partial charge in [-0.2, -0.15) is 35.1 Å². The van der Waals surface area contributed by atoms with Gasteiger partial charge in [0.1, 0.15) is 10.1 Å². The Hall–Kier alpha value is -0.540. The van der Waals surface area contributed by atoms with Gasteiger partial charge in [0.25, 0.3) is 0 Å². The lowest BCUT2D eigenvalue weighted by Gasteiger charge is -2.39. The van der Waals surface area contributed by atoms with Gasteiger partial charge in [0.15, 0.2) is 0 Å². The van der Waals surface area contributed by atoms with E-state index in [-0.39, 0.29) is 0 Å². The van der Waals surface area contributed by atoms with E-state index in [0.29, 0.717) is 0 Å². The van der Waals surface area contributed by atoms with E-state index in [1.807, 2.05) is 0 Å². The lowest BCUT2D eigenvalue weighted by Crippen LogP contribution is -2.54. The monoisotopic (exact) mass is 362 g/mol. The van der Waals surface area contributed by atoms with Crippen LogP contribution in [-0.4, -0.2) is 36.9 Å². The van der Waals surface area contributed by atoms with Crippen molar-refractivity contribution in [3.63, 3.8) is 0 Å². The number of alkyl halides is 8. The largest absolute Gasteiger partial charge is 0.372 e. The Morgan fingerprint density at radius 1 is 0.619 bits per heavy atom. The summed E-state index contributed by atoms with van der Waals surface area (Å²) in [5.74, 6) is -18.3. The summed E-state index contributed by atoms with van der Waals surface area (Å²) in [5.41, 5.74) is -2.58. The maximum Gasteiger partial charge on any atom is 0.350 e. The maximum absolute atomic E-state index is 12.9. The molecule has 0 aromatic rings. The number of allylic oxidation sites excluding steroid dienone is 2. The Kier molecular flexibility index (Phi) is 3.59. The summed E-state index contributed by atoms with van der Waals surface area (Å²) in [6.45, 7) is -2.42. The van der Waals surface area contributed by atoms with E-state index < -0.39 is 58.1 Å². The smallest absolute Gasteiger partial charge is 0.350 e. The van der Waals surface area contributed by atoms with Gasteiger partial charge in [0.05, 0.1) is 24.4 Å². The fourth-order valence-electron chi connectivity index (χ4n) is 1.75. The lowest BCUT2D eigenvalue weighted by molar-refractivity contribution is -0.195. The van der Waals surface area contributed by atoms with Crippen LogP contribution in [0.25, 0.3) is 0 Å². The summed E-state index contributed by atoms with van der Waals surface area (Å²) in [6.07, 6.45) is 0. The quantitative estimate of drug-likeness (QED) is 0.666. The highest BCUT2D eigenvalue weighted by Gasteiger charge is 2.72. The van der Waals surface area contributed by atoms with Crippen LogP contribution < -0.4 is 0 Å². The van der Waals surface area contributed by atoms with Crippen LogP contribution in [0.5, 0.6) is 0 Å². The summed E-state index contributed by atoms with van der Waals surface area (Å²) in [5, 5.41) is -2.92. The first-order chi connectivity index (χ1) is 9.29. The van der Waals surface area contributed by atoms with E-state index >= 15 is 0 Å². The molecule has 21 heavy (non-hydrogen) atoms. The Labute approximate surface area is 122 Å². The van der Waals surface area contributed by atoms with Gasteiger partial charge in [-0.25, -0.2) is 0 Å². The molecular weight excluding hydrogens is 359 g/mol. The SMILES string of the molecule is FC1(F)C(Cl)=C(COCC2=C(Cl)C(F)(F)C2(F)F)C1(F)F. The van der Waals surface area contributed by atoms with E-state index in [0.717, 1.165) is 0 Å². The zero-order valence-electron chi connectivity index (χ0n) is 9.60. The predicted octanol–water partition coefficient (Wildman–Crippen LogP) is 4.56. The van der Waals surface area contributed by atoms with E-state index in [4.69, 9.17) is 23.2 Å². The number of halogens is 10. The van der Waals surface area contributed by atoms with Crippen molar-refractivity contribution < 1.29 is 39.9 Å². The summed E-state index contributed by atoms with van der Waals surface area (Å²) in [6, 6.07) is 0. The van der Waals surface area contributed by atoms with Gasteiger partial charge < -0.3 is 4.74 Å². The molecule has 0 heterocycles. The van der Waals surface area contributed by atoms with Crippen LogP contribution in [0.15, 0.2) is 21.2 Å². The molecule has 0 fully saturated rings. The van der Waals surface area contributed by atoms with Crippen molar-refractivity contribution in [2.24, 2.45) is 0 Å². The van der Waals surface area contributed by atoms with Crippen LogP contribution in [0.2, 0.25) is 0 Å². The van der Waals surface area contributed by atoms with Crippen LogP contribution in [0.4, 0.5) is 35.1 Å². The van der Waals surface area contributed by atoms with Crippen LogP contribution in [0.1, 0.15) is 0 Å². The fraction of sp³-hybridized carbons (Fsp3) is 0.600. The van der Waals surface area contributed by atoms with Gasteiger partial charge >= 0.3 is 23.7 Å². The van der Waals surface area contributed by atoms with Gasteiger partial charge in [-0.1, -0.05) is 23.2 Å². The minimum absolute atomic E-state index is 1.21. The molecule has 0 aromatic heterocycles. The zero-order valence-corrected chi connectivity index (χ0v) is 11.1. The molecule has 0 N–H and O–H groups in total. The molecule has 0 atom stereocenters. The maximum atomic E-state index is 12.9. The highest BCUT2D eigenvalue weighted by Crippen LogP contribution is 2.58. The molecule has 0 spiro atoms. The second-order valence-electron chi connectivity index (χ2n) is 4.38. The molecule has 2 aliphatic carbocycles. The van der Waals surface area contributed by atoms with Crippen LogP contribution in [-0.2, 0) is 4.74 Å². The van der Waals surface area contributed by atoms with Crippen molar-refractivity contribution >= 4 is 23.2 Å². The molecule has 0 aromatic carbocycles. The van der Waals surface area contributed by atoms with Gasteiger partial charge in [-0.05, 0) is 0 Å². The summed E-state index contributed by atoms with van der Waals surface area (Å²) in [7, 11) is 0. The van der Waals surface area contributed by atoms with Crippen LogP contribution in [0, 0.1) is 0 Å². The molecule has 1 nitrogen and oxygen atoms in total. The first kappa shape index (κ1) is 16.8. The van der Waals surface area contributed by atoms with Crippen LogP contribution >= 0.6 is 23.2 Å². The minimum Gasteiger partial charge on any atom is -0.372 e. The molecule has 0 bridgehead atoms. The first-order valence-corrected chi connectivity index (χ1v) is 5.93. The van der Waals surface area contributed by atoms with Crippen LogP contribution in [0.3, 0.4) is 0 Å². The second-order valence-corrected chi connectivity index (χ2v) is 5.13. The Morgan fingerprint density at radius 2 is 0.905 bits per heavy atom. The van der Waals surface area contributed by atoms with Gasteiger partial charge in [0, 0.05) is 0 Å². The molecule has 11 heteroatoms. The van der Waals surface area contributed by atoms with E-state index in [1.165, 1.54) is 0 Å². The zero-order chi connectivity index (χ0) is 16.4. The predicted molar refractivity (Wildman–Crippen MR) is 56.4 cm³/mol. The number of hydrogen-bond donors (Lipinski definition) is 0. The third kappa shape index (κ3) is 1.93. The first-order valence-electron chi connectivity index (χ1n) is 5.17. The van der Waals surface area contributed by atoms with E-state index in [2.05, 4.69) is 4.74 Å². The molecule has 0 radical (unpaired) electrons. The minimum atomic E-state index is -4.58. The number of rotatable bonds is 4. The van der Waals surface area contributed by atoms with Gasteiger partial charge in [-0.15, -0.1) is 0 Å². The molecule has 0 saturated heterocycles. The summed E-state index contributed by atoms with van der Waals surface area (Å²) >= 11 is 9.90. The van der Waals surface area contributed by atoms with Crippen molar-refractivity contribution in [3.8, 4) is 0 Å². The Balaban J connectivity index is 2.03. The van der Waals surface area contributed by atoms with Crippen molar-refractivity contribution in [3.05, 3.63) is 21.2 Å². The van der Waals surface area contributed by atoms with Crippen molar-refractivity contribution in [2.75, 3.05) is 13.2 Å². The Bertz CT molecular complexity index is 503. The molecule has 2 aliphatic rings. The highest BCUT2D eigenvalue weighted by molar-refractivity contribution is 6.32. The fourth-order valence-corrected chi connectivity index (χ4v) is 2.33. The molecular formula is C10H4Cl2F8O. The topological polar surface area (TPSA) is 9.23 Å². The molecule has 2 rings (SSSR count). The second kappa shape index (κ2) is 4.48. The third-order valence-electron chi connectivity index (χ3n) is 3.12. The van der Waals surface area contributed by atoms with Gasteiger partial charge in [-0.3, -0.25) is 0 Å². The molecule has 0 aliphatic heterocycles. The molecule has 0 amide bonds. The highest BCUT2D eigenvalue weighted by atomic mass is 35.5. The van der Waals surface area contributed by atoms with Crippen molar-refractivity contribution in [1.82, 2.24) is 0 Å². The van der Waals surface area contributed by atoms with Crippen molar-refractivity contribution in [2.45, 2.75) is 23.7 Å². The summed E-state index contributed by atoms with van der Waals surface area (Å²) < 4.78 is 107. The van der Waals surface area contributed by atoms with E-state index in [9.17, 15) is 35.1 Å². The molecule has 0 unspecified atom stereocenters. The summed E-state index contributed by atoms with van der Waals surface area (Å²) in [4.78, 5) is 0. The average Bonchev–Trinajstić information content (AvgIpc) is 2.36. The number of hydrogen-bond acceptors (Lipinski definition) is 1. The third-order valence-corrected chi connectivity index (χ3v) is 4.05. The average molecular weight is 363 g/mol. The standard InChI is InChI=1S/C10H4Cl2F8O/c11-5-3(7(13,14)9(5,17)18)1-21-2-4-6(12)10(19,20)8(4,15)16/h1-2H2. The van der Waals surface area contributed by atoms with Gasteiger partial charge in [0.2, 0.25) is 0 Å². The lowest BCUT2D eigenvalue weighted by atomic mass is 9.88. The molecule has 0 saturated carbocycles. The molecule has 120 valence electrons.